The number of nitrogens with one attached hydrogen (secondary N) is 2. The SMILES string of the molecule is NNC(Cc1ccc(F)c(Cl)c1)c1cn[nH]c1N. The van der Waals surface area contributed by atoms with Crippen molar-refractivity contribution in [2.24, 2.45) is 5.84 Å². The van der Waals surface area contributed by atoms with E-state index < -0.39 is 5.82 Å². The molecular weight excluding hydrogens is 257 g/mol. The molecule has 7 heteroatoms. The molecule has 0 spiro atoms. The van der Waals surface area contributed by atoms with Gasteiger partial charge < -0.3 is 5.73 Å². The van der Waals surface area contributed by atoms with Crippen molar-refractivity contribution in [3.63, 3.8) is 0 Å². The van der Waals surface area contributed by atoms with Crippen LogP contribution in [0.15, 0.2) is 24.4 Å². The second kappa shape index (κ2) is 5.34. The number of hydrogen-bond donors (Lipinski definition) is 4. The van der Waals surface area contributed by atoms with E-state index in [1.807, 2.05) is 0 Å². The van der Waals surface area contributed by atoms with Gasteiger partial charge in [-0.3, -0.25) is 16.4 Å². The summed E-state index contributed by atoms with van der Waals surface area (Å²) in [6, 6.07) is 4.33. The molecule has 1 heterocycles. The molecule has 0 amide bonds. The zero-order chi connectivity index (χ0) is 13.1. The van der Waals surface area contributed by atoms with Gasteiger partial charge in [-0.15, -0.1) is 0 Å². The van der Waals surface area contributed by atoms with Crippen molar-refractivity contribution in [2.45, 2.75) is 12.5 Å². The van der Waals surface area contributed by atoms with E-state index in [1.54, 1.807) is 18.3 Å². The quantitative estimate of drug-likeness (QED) is 0.500. The lowest BCUT2D eigenvalue weighted by molar-refractivity contribution is 0.552. The third kappa shape index (κ3) is 2.61. The van der Waals surface area contributed by atoms with Crippen LogP contribution in [0.3, 0.4) is 0 Å². The smallest absolute Gasteiger partial charge is 0.141 e. The lowest BCUT2D eigenvalue weighted by Crippen LogP contribution is -2.29. The molecule has 0 bridgehead atoms. The van der Waals surface area contributed by atoms with E-state index in [2.05, 4.69) is 15.6 Å². The summed E-state index contributed by atoms with van der Waals surface area (Å²) in [7, 11) is 0. The summed E-state index contributed by atoms with van der Waals surface area (Å²) in [6.07, 6.45) is 2.13. The second-order valence-corrected chi connectivity index (χ2v) is 4.32. The van der Waals surface area contributed by atoms with Crippen molar-refractivity contribution in [3.8, 4) is 0 Å². The van der Waals surface area contributed by atoms with Gasteiger partial charge >= 0.3 is 0 Å². The Labute approximate surface area is 108 Å². The molecule has 2 rings (SSSR count). The monoisotopic (exact) mass is 269 g/mol. The molecule has 0 aliphatic heterocycles. The largest absolute Gasteiger partial charge is 0.384 e. The van der Waals surface area contributed by atoms with Crippen molar-refractivity contribution >= 4 is 17.4 Å². The van der Waals surface area contributed by atoms with Crippen molar-refractivity contribution in [1.29, 1.82) is 0 Å². The maximum absolute atomic E-state index is 13.0. The maximum Gasteiger partial charge on any atom is 0.141 e. The molecule has 5 nitrogen and oxygen atoms in total. The zero-order valence-corrected chi connectivity index (χ0v) is 10.2. The van der Waals surface area contributed by atoms with Gasteiger partial charge in [-0.2, -0.15) is 5.10 Å². The van der Waals surface area contributed by atoms with Gasteiger partial charge in [0.05, 0.1) is 17.3 Å². The Bertz CT molecular complexity index is 542. The molecule has 0 fully saturated rings. The first-order chi connectivity index (χ1) is 8.61. The molecule has 2 aromatic rings. The first-order valence-corrected chi connectivity index (χ1v) is 5.68. The van der Waals surface area contributed by atoms with Crippen LogP contribution in [-0.4, -0.2) is 10.2 Å². The number of rotatable bonds is 4. The predicted molar refractivity (Wildman–Crippen MR) is 68.2 cm³/mol. The van der Waals surface area contributed by atoms with Crippen LogP contribution in [0.4, 0.5) is 10.2 Å². The Balaban J connectivity index is 2.20. The number of anilines is 1. The number of halogens is 2. The van der Waals surface area contributed by atoms with E-state index in [4.69, 9.17) is 23.2 Å². The number of hydrazine groups is 1. The van der Waals surface area contributed by atoms with Crippen LogP contribution in [0.5, 0.6) is 0 Å². The van der Waals surface area contributed by atoms with Gasteiger partial charge in [0.1, 0.15) is 11.6 Å². The molecule has 1 aromatic heterocycles. The number of aromatic amines is 1. The summed E-state index contributed by atoms with van der Waals surface area (Å²) in [5.74, 6) is 5.50. The van der Waals surface area contributed by atoms with Crippen LogP contribution in [0, 0.1) is 5.82 Å². The Morgan fingerprint density at radius 2 is 2.28 bits per heavy atom. The highest BCUT2D eigenvalue weighted by Crippen LogP contribution is 2.23. The Kier molecular flexibility index (Phi) is 3.81. The fourth-order valence-electron chi connectivity index (χ4n) is 1.74. The number of nitrogens with zero attached hydrogens (tertiary/aromatic N) is 1. The van der Waals surface area contributed by atoms with Crippen molar-refractivity contribution in [3.05, 3.63) is 46.4 Å². The lowest BCUT2D eigenvalue weighted by Gasteiger charge is -2.15. The molecule has 6 N–H and O–H groups in total. The Morgan fingerprint density at radius 1 is 1.50 bits per heavy atom. The van der Waals surface area contributed by atoms with Gasteiger partial charge in [0.15, 0.2) is 0 Å². The molecule has 0 saturated carbocycles. The van der Waals surface area contributed by atoms with E-state index in [0.717, 1.165) is 11.1 Å². The average Bonchev–Trinajstić information content (AvgIpc) is 2.77. The number of aromatic nitrogens is 2. The molecule has 0 saturated heterocycles. The minimum atomic E-state index is -0.444. The van der Waals surface area contributed by atoms with E-state index >= 15 is 0 Å². The van der Waals surface area contributed by atoms with E-state index in [-0.39, 0.29) is 11.1 Å². The Morgan fingerprint density at radius 3 is 2.83 bits per heavy atom. The number of hydrogen-bond acceptors (Lipinski definition) is 4. The number of H-pyrrole nitrogens is 1. The molecular formula is C11H13ClFN5. The highest BCUT2D eigenvalue weighted by molar-refractivity contribution is 6.30. The molecule has 1 atom stereocenters. The fraction of sp³-hybridized carbons (Fsp3) is 0.182. The van der Waals surface area contributed by atoms with Gasteiger partial charge in [0.2, 0.25) is 0 Å². The fourth-order valence-corrected chi connectivity index (χ4v) is 1.95. The average molecular weight is 270 g/mol. The summed E-state index contributed by atoms with van der Waals surface area (Å²) < 4.78 is 13.0. The van der Waals surface area contributed by atoms with Gasteiger partial charge in [-0.05, 0) is 24.1 Å². The van der Waals surface area contributed by atoms with Gasteiger partial charge in [0.25, 0.3) is 0 Å². The number of nitrogen functional groups attached to an aromatic ring is 1. The van der Waals surface area contributed by atoms with E-state index in [1.165, 1.54) is 6.07 Å². The van der Waals surface area contributed by atoms with Gasteiger partial charge in [0, 0.05) is 5.56 Å². The summed E-state index contributed by atoms with van der Waals surface area (Å²) in [6.45, 7) is 0. The van der Waals surface area contributed by atoms with E-state index in [9.17, 15) is 4.39 Å². The number of nitrogens with two attached hydrogens (primary N) is 2. The third-order valence-corrected chi connectivity index (χ3v) is 2.99. The van der Waals surface area contributed by atoms with Gasteiger partial charge in [-0.25, -0.2) is 4.39 Å². The normalized spacial score (nSPS) is 12.6. The summed E-state index contributed by atoms with van der Waals surface area (Å²) in [5.41, 5.74) is 9.99. The summed E-state index contributed by atoms with van der Waals surface area (Å²) >= 11 is 5.73. The topological polar surface area (TPSA) is 92.7 Å². The Hall–Kier alpha value is -1.63. The van der Waals surface area contributed by atoms with Crippen LogP contribution in [0.1, 0.15) is 17.2 Å². The lowest BCUT2D eigenvalue weighted by atomic mass is 10.0. The van der Waals surface area contributed by atoms with Crippen LogP contribution >= 0.6 is 11.6 Å². The van der Waals surface area contributed by atoms with Crippen LogP contribution in [-0.2, 0) is 6.42 Å². The number of benzene rings is 1. The molecule has 1 aromatic carbocycles. The molecule has 0 radical (unpaired) electrons. The molecule has 18 heavy (non-hydrogen) atoms. The first-order valence-electron chi connectivity index (χ1n) is 5.30. The van der Waals surface area contributed by atoms with Crippen LogP contribution in [0.2, 0.25) is 5.02 Å². The van der Waals surface area contributed by atoms with Crippen molar-refractivity contribution in [2.75, 3.05) is 5.73 Å². The zero-order valence-electron chi connectivity index (χ0n) is 9.45. The first kappa shape index (κ1) is 12.8. The van der Waals surface area contributed by atoms with Crippen LogP contribution < -0.4 is 17.0 Å². The molecule has 96 valence electrons. The minimum absolute atomic E-state index is 0.0865. The minimum Gasteiger partial charge on any atom is -0.384 e. The molecule has 1 unspecified atom stereocenters. The predicted octanol–water partition coefficient (Wildman–Crippen LogP) is 1.53. The second-order valence-electron chi connectivity index (χ2n) is 3.91. The van der Waals surface area contributed by atoms with Gasteiger partial charge in [-0.1, -0.05) is 17.7 Å². The summed E-state index contributed by atoms with van der Waals surface area (Å²) in [4.78, 5) is 0. The van der Waals surface area contributed by atoms with Crippen LogP contribution in [0.25, 0.3) is 0 Å². The molecule has 0 aliphatic rings. The van der Waals surface area contributed by atoms with Crippen molar-refractivity contribution < 1.29 is 4.39 Å². The highest BCUT2D eigenvalue weighted by atomic mass is 35.5. The van der Waals surface area contributed by atoms with Crippen molar-refractivity contribution in [1.82, 2.24) is 15.6 Å². The van der Waals surface area contributed by atoms with E-state index in [0.29, 0.717) is 12.2 Å². The maximum atomic E-state index is 13.0. The summed E-state index contributed by atoms with van der Waals surface area (Å²) in [5, 5.41) is 6.55. The molecule has 0 aliphatic carbocycles. The standard InChI is InChI=1S/C11H13ClFN5/c12-8-3-6(1-2-9(8)13)4-10(17-15)7-5-16-18-11(7)14/h1-3,5,10,17H,4,15H2,(H3,14,16,18). The third-order valence-electron chi connectivity index (χ3n) is 2.70. The highest BCUT2D eigenvalue weighted by Gasteiger charge is 2.15.